The van der Waals surface area contributed by atoms with Crippen LogP contribution in [-0.4, -0.2) is 34.1 Å². The van der Waals surface area contributed by atoms with Crippen LogP contribution >= 0.6 is 0 Å². The molecule has 3 aromatic rings. The standard InChI is InChI=1S/C24H27N3O2/c1-2-21(19-9-5-3-6-10-19)24(28)27-15-13-18(14-16-27)17-22-25-26-23(29-22)20-11-7-4-8-12-20/h3-12,18,21H,2,13-17H2,1H3. The highest BCUT2D eigenvalue weighted by Gasteiger charge is 2.29. The van der Waals surface area contributed by atoms with E-state index in [0.717, 1.165) is 49.9 Å². The van der Waals surface area contributed by atoms with Gasteiger partial charge in [-0.2, -0.15) is 0 Å². The lowest BCUT2D eigenvalue weighted by Crippen LogP contribution is -2.41. The molecule has 0 bridgehead atoms. The van der Waals surface area contributed by atoms with Crippen LogP contribution in [0.4, 0.5) is 0 Å². The number of likely N-dealkylation sites (tertiary alicyclic amines) is 1. The van der Waals surface area contributed by atoms with Crippen LogP contribution in [0.15, 0.2) is 65.1 Å². The predicted octanol–water partition coefficient (Wildman–Crippen LogP) is 4.71. The highest BCUT2D eigenvalue weighted by Crippen LogP contribution is 2.27. The fourth-order valence-electron chi connectivity index (χ4n) is 4.10. The molecule has 1 unspecified atom stereocenters. The first kappa shape index (κ1) is 19.4. The minimum atomic E-state index is -0.0443. The molecule has 0 N–H and O–H groups in total. The molecule has 1 atom stereocenters. The number of hydrogen-bond donors (Lipinski definition) is 0. The minimum Gasteiger partial charge on any atom is -0.421 e. The van der Waals surface area contributed by atoms with Crippen molar-refractivity contribution in [3.8, 4) is 11.5 Å². The van der Waals surface area contributed by atoms with Crippen LogP contribution in [0.2, 0.25) is 0 Å². The van der Waals surface area contributed by atoms with Gasteiger partial charge in [0.25, 0.3) is 0 Å². The Balaban J connectivity index is 1.33. The van der Waals surface area contributed by atoms with E-state index < -0.39 is 0 Å². The van der Waals surface area contributed by atoms with Crippen molar-refractivity contribution in [2.75, 3.05) is 13.1 Å². The summed E-state index contributed by atoms with van der Waals surface area (Å²) in [5, 5.41) is 8.41. The van der Waals surface area contributed by atoms with Gasteiger partial charge >= 0.3 is 0 Å². The molecule has 2 heterocycles. The molecule has 1 aromatic heterocycles. The van der Waals surface area contributed by atoms with Crippen molar-refractivity contribution in [3.63, 3.8) is 0 Å². The molecular weight excluding hydrogens is 362 g/mol. The van der Waals surface area contributed by atoms with Crippen LogP contribution in [0.5, 0.6) is 0 Å². The lowest BCUT2D eigenvalue weighted by Gasteiger charge is -2.34. The van der Waals surface area contributed by atoms with Gasteiger partial charge in [-0.15, -0.1) is 10.2 Å². The van der Waals surface area contributed by atoms with Crippen LogP contribution in [-0.2, 0) is 11.2 Å². The highest BCUT2D eigenvalue weighted by molar-refractivity contribution is 5.83. The van der Waals surface area contributed by atoms with Crippen LogP contribution in [0.1, 0.15) is 43.6 Å². The summed E-state index contributed by atoms with van der Waals surface area (Å²) in [6, 6.07) is 19.9. The smallest absolute Gasteiger partial charge is 0.247 e. The largest absolute Gasteiger partial charge is 0.421 e. The maximum atomic E-state index is 13.0. The fraction of sp³-hybridized carbons (Fsp3) is 0.375. The lowest BCUT2D eigenvalue weighted by atomic mass is 9.90. The molecule has 0 spiro atoms. The monoisotopic (exact) mass is 389 g/mol. The van der Waals surface area contributed by atoms with Crippen molar-refractivity contribution >= 4 is 5.91 Å². The number of aromatic nitrogens is 2. The van der Waals surface area contributed by atoms with E-state index in [2.05, 4.69) is 29.3 Å². The second-order valence-corrected chi connectivity index (χ2v) is 7.71. The Labute approximate surface area is 171 Å². The van der Waals surface area contributed by atoms with Gasteiger partial charge in [0.1, 0.15) is 0 Å². The predicted molar refractivity (Wildman–Crippen MR) is 112 cm³/mol. The van der Waals surface area contributed by atoms with Gasteiger partial charge in [0.2, 0.25) is 17.7 Å². The quantitative estimate of drug-likeness (QED) is 0.612. The fourth-order valence-corrected chi connectivity index (χ4v) is 4.10. The second-order valence-electron chi connectivity index (χ2n) is 7.71. The zero-order valence-corrected chi connectivity index (χ0v) is 16.8. The number of piperidine rings is 1. The van der Waals surface area contributed by atoms with Gasteiger partial charge in [-0.05, 0) is 42.9 Å². The Morgan fingerprint density at radius 2 is 1.69 bits per heavy atom. The Hall–Kier alpha value is -2.95. The molecule has 1 saturated heterocycles. The molecule has 1 aliphatic rings. The molecule has 5 nitrogen and oxygen atoms in total. The van der Waals surface area contributed by atoms with E-state index in [-0.39, 0.29) is 11.8 Å². The molecule has 0 saturated carbocycles. The highest BCUT2D eigenvalue weighted by atomic mass is 16.4. The molecule has 0 aliphatic carbocycles. The van der Waals surface area contributed by atoms with Gasteiger partial charge in [-0.3, -0.25) is 4.79 Å². The van der Waals surface area contributed by atoms with E-state index in [9.17, 15) is 4.79 Å². The van der Waals surface area contributed by atoms with Crippen LogP contribution in [0.3, 0.4) is 0 Å². The van der Waals surface area contributed by atoms with Crippen LogP contribution in [0.25, 0.3) is 11.5 Å². The average molecular weight is 389 g/mol. The number of hydrogen-bond acceptors (Lipinski definition) is 4. The summed E-state index contributed by atoms with van der Waals surface area (Å²) in [4.78, 5) is 15.1. The first-order valence-electron chi connectivity index (χ1n) is 10.5. The Morgan fingerprint density at radius 1 is 1.03 bits per heavy atom. The minimum absolute atomic E-state index is 0.0443. The topological polar surface area (TPSA) is 59.2 Å². The third-order valence-electron chi connectivity index (χ3n) is 5.79. The van der Waals surface area contributed by atoms with Gasteiger partial charge in [0.05, 0.1) is 5.92 Å². The first-order valence-corrected chi connectivity index (χ1v) is 10.5. The van der Waals surface area contributed by atoms with Crippen LogP contribution < -0.4 is 0 Å². The maximum Gasteiger partial charge on any atom is 0.247 e. The molecule has 2 aromatic carbocycles. The number of carbonyl (C=O) groups is 1. The molecule has 5 heteroatoms. The normalized spacial score (nSPS) is 16.0. The zero-order chi connectivity index (χ0) is 20.1. The van der Waals surface area contributed by atoms with E-state index in [0.29, 0.717) is 17.7 Å². The van der Waals surface area contributed by atoms with E-state index in [1.807, 2.05) is 53.4 Å². The van der Waals surface area contributed by atoms with Gasteiger partial charge in [-0.1, -0.05) is 55.5 Å². The SMILES string of the molecule is CCC(C(=O)N1CCC(Cc2nnc(-c3ccccc3)o2)CC1)c1ccccc1. The van der Waals surface area contributed by atoms with Gasteiger partial charge in [0.15, 0.2) is 0 Å². The summed E-state index contributed by atoms with van der Waals surface area (Å²) in [6.45, 7) is 3.68. The molecule has 1 fully saturated rings. The average Bonchev–Trinajstić information content (AvgIpc) is 3.25. The third kappa shape index (κ3) is 4.56. The Morgan fingerprint density at radius 3 is 2.34 bits per heavy atom. The van der Waals surface area contributed by atoms with Crippen molar-refractivity contribution < 1.29 is 9.21 Å². The molecule has 0 radical (unpaired) electrons. The summed E-state index contributed by atoms with van der Waals surface area (Å²) >= 11 is 0. The molecular formula is C24H27N3O2. The number of carbonyl (C=O) groups excluding carboxylic acids is 1. The van der Waals surface area contributed by atoms with Gasteiger partial charge < -0.3 is 9.32 Å². The third-order valence-corrected chi connectivity index (χ3v) is 5.79. The lowest BCUT2D eigenvalue weighted by molar-refractivity contribution is -0.134. The molecule has 1 aliphatic heterocycles. The summed E-state index contributed by atoms with van der Waals surface area (Å²) < 4.78 is 5.86. The van der Waals surface area contributed by atoms with Gasteiger partial charge in [-0.25, -0.2) is 0 Å². The Kier molecular flexibility index (Phi) is 6.03. The maximum absolute atomic E-state index is 13.0. The van der Waals surface area contributed by atoms with Crippen molar-refractivity contribution in [3.05, 3.63) is 72.1 Å². The summed E-state index contributed by atoms with van der Waals surface area (Å²) in [5.41, 5.74) is 2.06. The first-order chi connectivity index (χ1) is 14.2. The van der Waals surface area contributed by atoms with Crippen LogP contribution in [0, 0.1) is 5.92 Å². The Bertz CT molecular complexity index is 916. The van der Waals surface area contributed by atoms with E-state index in [1.165, 1.54) is 0 Å². The number of amides is 1. The van der Waals surface area contributed by atoms with Crippen molar-refractivity contribution in [2.24, 2.45) is 5.92 Å². The zero-order valence-electron chi connectivity index (χ0n) is 16.8. The van der Waals surface area contributed by atoms with E-state index >= 15 is 0 Å². The van der Waals surface area contributed by atoms with Crippen molar-refractivity contribution in [1.29, 1.82) is 0 Å². The molecule has 29 heavy (non-hydrogen) atoms. The van der Waals surface area contributed by atoms with Crippen molar-refractivity contribution in [1.82, 2.24) is 15.1 Å². The molecule has 4 rings (SSSR count). The number of benzene rings is 2. The van der Waals surface area contributed by atoms with E-state index in [1.54, 1.807) is 0 Å². The summed E-state index contributed by atoms with van der Waals surface area (Å²) in [5.74, 6) is 1.93. The van der Waals surface area contributed by atoms with E-state index in [4.69, 9.17) is 4.42 Å². The number of nitrogens with zero attached hydrogens (tertiary/aromatic N) is 3. The summed E-state index contributed by atoms with van der Waals surface area (Å²) in [7, 11) is 0. The molecule has 1 amide bonds. The van der Waals surface area contributed by atoms with Gasteiger partial charge in [0, 0.05) is 25.1 Å². The van der Waals surface area contributed by atoms with Crippen molar-refractivity contribution in [2.45, 2.75) is 38.5 Å². The second kappa shape index (κ2) is 9.03. The summed E-state index contributed by atoms with van der Waals surface area (Å²) in [6.07, 6.45) is 3.55. The number of rotatable bonds is 6. The molecule has 150 valence electrons.